The Hall–Kier alpha value is -4.81. The first-order chi connectivity index (χ1) is 24.7. The molecule has 1 aromatic heterocycles. The third-order valence-corrected chi connectivity index (χ3v) is 11.0. The Morgan fingerprint density at radius 2 is 1.55 bits per heavy atom. The largest absolute Gasteiger partial charge is 0.496 e. The number of piperidine rings is 2. The number of ether oxygens (including phenoxy) is 2. The van der Waals surface area contributed by atoms with Crippen molar-refractivity contribution in [3.05, 3.63) is 80.8 Å². The summed E-state index contributed by atoms with van der Waals surface area (Å²) in [5.41, 5.74) is 6.50. The van der Waals surface area contributed by atoms with Gasteiger partial charge in [-0.25, -0.2) is 0 Å². The van der Waals surface area contributed by atoms with Crippen LogP contribution in [0.1, 0.15) is 65.3 Å². The molecule has 3 fully saturated rings. The van der Waals surface area contributed by atoms with Gasteiger partial charge < -0.3 is 18.9 Å². The SMILES string of the molecule is COc1cc(-c2cn(C)c(=O)c3c2C=NC3)cc(OC)c1CN1CCN(C(=O)CN2CCC(c3ccc(C4CCC(=O)NC4=O)cc3)CC2)CC1. The lowest BCUT2D eigenvalue weighted by molar-refractivity contribution is -0.135. The van der Waals surface area contributed by atoms with Crippen molar-refractivity contribution in [2.75, 3.05) is 60.0 Å². The standard InChI is InChI=1S/C39H46N6O6/c1-42-22-32(30-20-40-21-31(30)39(42)49)28-18-34(50-2)33(35(19-28)51-3)23-44-14-16-45(17-15-44)37(47)24-43-12-10-26(11-13-43)25-4-6-27(7-5-25)29-8-9-36(46)41-38(29)48/h4-7,18-20,22,26,29H,8-17,21,23-24H2,1-3H3,(H,41,46,48). The Labute approximate surface area is 298 Å². The van der Waals surface area contributed by atoms with Crippen molar-refractivity contribution in [3.8, 4) is 22.6 Å². The van der Waals surface area contributed by atoms with Crippen LogP contribution in [0.3, 0.4) is 0 Å². The fourth-order valence-electron chi connectivity index (χ4n) is 7.97. The molecule has 5 heterocycles. The number of aromatic nitrogens is 1. The van der Waals surface area contributed by atoms with Crippen molar-refractivity contribution in [1.82, 2.24) is 24.6 Å². The number of nitrogens with one attached hydrogen (secondary N) is 1. The molecule has 268 valence electrons. The van der Waals surface area contributed by atoms with Gasteiger partial charge in [-0.2, -0.15) is 0 Å². The Morgan fingerprint density at radius 3 is 2.20 bits per heavy atom. The number of imide groups is 1. The molecule has 0 radical (unpaired) electrons. The van der Waals surface area contributed by atoms with Crippen LogP contribution in [-0.2, 0) is 34.5 Å². The van der Waals surface area contributed by atoms with Crippen LogP contribution in [0.5, 0.6) is 11.5 Å². The number of methoxy groups -OCH3 is 2. The molecule has 3 aromatic rings. The van der Waals surface area contributed by atoms with Crippen molar-refractivity contribution in [1.29, 1.82) is 0 Å². The highest BCUT2D eigenvalue weighted by atomic mass is 16.5. The zero-order valence-corrected chi connectivity index (χ0v) is 29.7. The van der Waals surface area contributed by atoms with Gasteiger partial charge in [-0.3, -0.25) is 39.3 Å². The van der Waals surface area contributed by atoms with E-state index in [1.165, 1.54) is 5.56 Å². The summed E-state index contributed by atoms with van der Waals surface area (Å²) in [4.78, 5) is 60.7. The van der Waals surface area contributed by atoms with Crippen LogP contribution < -0.4 is 20.3 Å². The molecule has 0 saturated carbocycles. The molecule has 0 aliphatic carbocycles. The lowest BCUT2D eigenvalue weighted by Gasteiger charge is -2.37. The minimum atomic E-state index is -0.264. The van der Waals surface area contributed by atoms with Crippen molar-refractivity contribution >= 4 is 23.9 Å². The summed E-state index contributed by atoms with van der Waals surface area (Å²) < 4.78 is 13.4. The molecular formula is C39H46N6O6. The molecule has 12 heteroatoms. The first-order valence-electron chi connectivity index (χ1n) is 17.9. The number of carbonyl (C=O) groups is 3. The predicted octanol–water partition coefficient (Wildman–Crippen LogP) is 3.05. The van der Waals surface area contributed by atoms with Gasteiger partial charge in [0, 0.05) is 75.3 Å². The third kappa shape index (κ3) is 7.20. The molecule has 3 saturated heterocycles. The molecule has 7 rings (SSSR count). The quantitative estimate of drug-likeness (QED) is 0.339. The van der Waals surface area contributed by atoms with Crippen molar-refractivity contribution in [3.63, 3.8) is 0 Å². The van der Waals surface area contributed by atoms with E-state index in [9.17, 15) is 19.2 Å². The Morgan fingerprint density at radius 1 is 0.882 bits per heavy atom. The third-order valence-electron chi connectivity index (χ3n) is 11.0. The topological polar surface area (TPSA) is 126 Å². The lowest BCUT2D eigenvalue weighted by Crippen LogP contribution is -2.51. The number of likely N-dealkylation sites (tertiary alicyclic amines) is 1. The number of fused-ring (bicyclic) bond motifs is 1. The van der Waals surface area contributed by atoms with E-state index in [-0.39, 0.29) is 29.2 Å². The van der Waals surface area contributed by atoms with Gasteiger partial charge in [-0.05, 0) is 67.1 Å². The molecule has 1 atom stereocenters. The molecule has 51 heavy (non-hydrogen) atoms. The number of nitrogens with zero attached hydrogens (tertiary/aromatic N) is 5. The lowest BCUT2D eigenvalue weighted by atomic mass is 9.86. The van der Waals surface area contributed by atoms with Crippen LogP contribution in [0.2, 0.25) is 0 Å². The molecule has 0 spiro atoms. The second-order valence-corrected chi connectivity index (χ2v) is 14.1. The van der Waals surface area contributed by atoms with E-state index in [0.29, 0.717) is 68.5 Å². The minimum absolute atomic E-state index is 0.0308. The maximum Gasteiger partial charge on any atom is 0.256 e. The highest BCUT2D eigenvalue weighted by Crippen LogP contribution is 2.38. The smallest absolute Gasteiger partial charge is 0.256 e. The summed E-state index contributed by atoms with van der Waals surface area (Å²) in [6.07, 6.45) is 6.52. The van der Waals surface area contributed by atoms with Gasteiger partial charge in [0.25, 0.3) is 5.56 Å². The van der Waals surface area contributed by atoms with Gasteiger partial charge in [0.05, 0.1) is 38.8 Å². The molecule has 4 aliphatic heterocycles. The molecule has 1 N–H and O–H groups in total. The van der Waals surface area contributed by atoms with E-state index in [4.69, 9.17) is 9.47 Å². The normalized spacial score (nSPS) is 20.0. The van der Waals surface area contributed by atoms with Gasteiger partial charge >= 0.3 is 0 Å². The predicted molar refractivity (Wildman–Crippen MR) is 193 cm³/mol. The Balaban J connectivity index is 0.912. The monoisotopic (exact) mass is 694 g/mol. The van der Waals surface area contributed by atoms with Crippen molar-refractivity contribution in [2.24, 2.45) is 12.0 Å². The number of carbonyl (C=O) groups excluding carboxylic acids is 3. The van der Waals surface area contributed by atoms with Gasteiger partial charge in [0.1, 0.15) is 11.5 Å². The van der Waals surface area contributed by atoms with Gasteiger partial charge in [-0.15, -0.1) is 0 Å². The highest BCUT2D eigenvalue weighted by molar-refractivity contribution is 6.01. The number of amides is 3. The highest BCUT2D eigenvalue weighted by Gasteiger charge is 2.30. The molecule has 4 aliphatic rings. The summed E-state index contributed by atoms with van der Waals surface area (Å²) in [5, 5.41) is 2.45. The van der Waals surface area contributed by atoms with Crippen LogP contribution in [0, 0.1) is 0 Å². The second-order valence-electron chi connectivity index (χ2n) is 14.1. The summed E-state index contributed by atoms with van der Waals surface area (Å²) in [7, 11) is 5.08. The average molecular weight is 695 g/mol. The van der Waals surface area contributed by atoms with E-state index in [2.05, 4.69) is 32.2 Å². The number of rotatable bonds is 9. The molecule has 2 aromatic carbocycles. The van der Waals surface area contributed by atoms with E-state index in [1.807, 2.05) is 35.4 Å². The summed E-state index contributed by atoms with van der Waals surface area (Å²) in [6, 6.07) is 12.3. The van der Waals surface area contributed by atoms with E-state index in [0.717, 1.165) is 66.8 Å². The number of benzene rings is 2. The van der Waals surface area contributed by atoms with Crippen molar-refractivity contribution < 1.29 is 23.9 Å². The van der Waals surface area contributed by atoms with Gasteiger partial charge in [-0.1, -0.05) is 24.3 Å². The number of pyridine rings is 1. The van der Waals surface area contributed by atoms with Gasteiger partial charge in [0.2, 0.25) is 17.7 Å². The number of hydrogen-bond donors (Lipinski definition) is 1. The van der Waals surface area contributed by atoms with Crippen LogP contribution in [0.4, 0.5) is 0 Å². The Kier molecular flexibility index (Phi) is 10.1. The van der Waals surface area contributed by atoms with Crippen molar-refractivity contribution in [2.45, 2.75) is 50.6 Å². The van der Waals surface area contributed by atoms with Crippen LogP contribution in [0.25, 0.3) is 11.1 Å². The zero-order valence-electron chi connectivity index (χ0n) is 29.7. The number of aryl methyl sites for hydroxylation is 1. The number of piperazine rings is 1. The fraction of sp³-hybridized carbons (Fsp3) is 0.462. The first kappa shape index (κ1) is 34.6. The Bertz CT molecular complexity index is 1880. The maximum atomic E-state index is 13.4. The van der Waals surface area contributed by atoms with E-state index in [1.54, 1.807) is 32.0 Å². The molecule has 3 amide bonds. The molecule has 0 bridgehead atoms. The second kappa shape index (κ2) is 14.8. The number of aliphatic imine (C=N–C) groups is 1. The summed E-state index contributed by atoms with van der Waals surface area (Å²) in [6.45, 7) is 6.03. The fourth-order valence-corrected chi connectivity index (χ4v) is 7.97. The van der Waals surface area contributed by atoms with E-state index < -0.39 is 0 Å². The molecule has 1 unspecified atom stereocenters. The first-order valence-corrected chi connectivity index (χ1v) is 17.9. The number of hydrogen-bond acceptors (Lipinski definition) is 9. The van der Waals surface area contributed by atoms with Crippen LogP contribution in [0.15, 0.2) is 52.4 Å². The minimum Gasteiger partial charge on any atom is -0.496 e. The van der Waals surface area contributed by atoms with E-state index >= 15 is 0 Å². The summed E-state index contributed by atoms with van der Waals surface area (Å²) in [5.74, 6) is 1.37. The van der Waals surface area contributed by atoms with Gasteiger partial charge in [0.15, 0.2) is 0 Å². The van der Waals surface area contributed by atoms with Crippen LogP contribution in [-0.4, -0.2) is 103 Å². The average Bonchev–Trinajstić information content (AvgIpc) is 3.64. The van der Waals surface area contributed by atoms with Crippen LogP contribution >= 0.6 is 0 Å². The maximum absolute atomic E-state index is 13.4. The zero-order chi connectivity index (χ0) is 35.6. The summed E-state index contributed by atoms with van der Waals surface area (Å²) >= 11 is 0. The molecule has 12 nitrogen and oxygen atoms in total. The molecular weight excluding hydrogens is 648 g/mol.